The third-order valence-corrected chi connectivity index (χ3v) is 7.80. The lowest BCUT2D eigenvalue weighted by Gasteiger charge is -2.40. The molecule has 2 aliphatic carbocycles. The highest BCUT2D eigenvalue weighted by Crippen LogP contribution is 2.44. The maximum Gasteiger partial charge on any atom is 0.272 e. The fourth-order valence-corrected chi connectivity index (χ4v) is 6.18. The molecule has 2 aromatic carbocycles. The van der Waals surface area contributed by atoms with Gasteiger partial charge in [0.05, 0.1) is 6.04 Å². The lowest BCUT2D eigenvalue weighted by atomic mass is 9.74. The van der Waals surface area contributed by atoms with E-state index in [0.717, 1.165) is 12.1 Å². The molecule has 3 aliphatic rings. The van der Waals surface area contributed by atoms with Gasteiger partial charge in [-0.15, -0.1) is 0 Å². The van der Waals surface area contributed by atoms with Crippen LogP contribution in [0.5, 0.6) is 0 Å². The van der Waals surface area contributed by atoms with Crippen molar-refractivity contribution in [2.24, 2.45) is 11.8 Å². The minimum Gasteiger partial charge on any atom is -0.267 e. The molecule has 3 heteroatoms. The Balaban J connectivity index is 1.53. The minimum absolute atomic E-state index is 0.105. The van der Waals surface area contributed by atoms with Crippen LogP contribution in [0.1, 0.15) is 80.1 Å². The first-order valence-corrected chi connectivity index (χ1v) is 12.7. The first kappa shape index (κ1) is 21.5. The zero-order valence-corrected chi connectivity index (χ0v) is 19.2. The molecule has 2 fully saturated rings. The van der Waals surface area contributed by atoms with Crippen LogP contribution in [-0.2, 0) is 6.54 Å². The van der Waals surface area contributed by atoms with Gasteiger partial charge in [-0.3, -0.25) is 4.79 Å². The van der Waals surface area contributed by atoms with Gasteiger partial charge in [0.25, 0.3) is 5.91 Å². The van der Waals surface area contributed by atoms with E-state index >= 15 is 0 Å². The second kappa shape index (κ2) is 10.0. The molecule has 0 bridgehead atoms. The Labute approximate surface area is 193 Å². The highest BCUT2D eigenvalue weighted by Gasteiger charge is 2.43. The van der Waals surface area contributed by atoms with E-state index in [1.165, 1.54) is 75.3 Å². The van der Waals surface area contributed by atoms with Gasteiger partial charge < -0.3 is 0 Å². The van der Waals surface area contributed by atoms with Gasteiger partial charge in [0, 0.05) is 18.3 Å². The maximum absolute atomic E-state index is 13.7. The molecule has 0 radical (unpaired) electrons. The van der Waals surface area contributed by atoms with Crippen molar-refractivity contribution in [1.29, 1.82) is 0 Å². The zero-order chi connectivity index (χ0) is 21.8. The number of carbonyl (C=O) groups excluding carboxylic acids is 1. The predicted octanol–water partition coefficient (Wildman–Crippen LogP) is 6.97. The van der Waals surface area contributed by atoms with Crippen LogP contribution in [0.25, 0.3) is 0 Å². The average Bonchev–Trinajstić information content (AvgIpc) is 3.25. The van der Waals surface area contributed by atoms with E-state index < -0.39 is 0 Å². The molecule has 1 heterocycles. The summed E-state index contributed by atoms with van der Waals surface area (Å²) in [6, 6.07) is 20.9. The van der Waals surface area contributed by atoms with Crippen molar-refractivity contribution >= 4 is 5.91 Å². The fraction of sp³-hybridized carbons (Fsp3) is 0.483. The molecule has 3 nitrogen and oxygen atoms in total. The third kappa shape index (κ3) is 4.54. The summed E-state index contributed by atoms with van der Waals surface area (Å²) in [5, 5.41) is 4.41. The van der Waals surface area contributed by atoms with Crippen LogP contribution in [-0.4, -0.2) is 22.0 Å². The summed E-state index contributed by atoms with van der Waals surface area (Å²) in [6.45, 7) is 0.785. The Morgan fingerprint density at radius 1 is 0.750 bits per heavy atom. The number of benzene rings is 2. The van der Waals surface area contributed by atoms with Crippen molar-refractivity contribution in [3.8, 4) is 0 Å². The normalized spacial score (nSPS) is 23.3. The van der Waals surface area contributed by atoms with Gasteiger partial charge in [-0.05, 0) is 60.8 Å². The average molecular weight is 429 g/mol. The number of carbonyl (C=O) groups is 1. The van der Waals surface area contributed by atoms with Crippen LogP contribution in [0, 0.1) is 11.8 Å². The van der Waals surface area contributed by atoms with E-state index in [1.807, 2.05) is 35.3 Å². The number of hydrogen-bond donors (Lipinski definition) is 0. The van der Waals surface area contributed by atoms with Gasteiger partial charge >= 0.3 is 0 Å². The SMILES string of the molecule is O=C(c1ccccc1)N1C=C(C2CCCCC2)[C@@H](C2CCCCC2)N1Cc1ccccc1. The molecule has 0 spiro atoms. The van der Waals surface area contributed by atoms with Gasteiger partial charge in [-0.25, -0.2) is 10.0 Å². The van der Waals surface area contributed by atoms with Crippen molar-refractivity contribution in [3.63, 3.8) is 0 Å². The van der Waals surface area contributed by atoms with Gasteiger partial charge in [0.15, 0.2) is 0 Å². The molecular weight excluding hydrogens is 392 g/mol. The number of hydrazine groups is 1. The second-order valence-electron chi connectivity index (χ2n) is 9.91. The molecule has 2 saturated carbocycles. The van der Waals surface area contributed by atoms with Gasteiger partial charge in [-0.2, -0.15) is 0 Å². The highest BCUT2D eigenvalue weighted by atomic mass is 16.2. The molecule has 2 aromatic rings. The summed E-state index contributed by atoms with van der Waals surface area (Å²) in [5.41, 5.74) is 3.59. The van der Waals surface area contributed by atoms with Crippen LogP contribution in [0.15, 0.2) is 72.4 Å². The third-order valence-electron chi connectivity index (χ3n) is 7.80. The quantitative estimate of drug-likeness (QED) is 0.513. The summed E-state index contributed by atoms with van der Waals surface area (Å²) >= 11 is 0. The van der Waals surface area contributed by atoms with Crippen LogP contribution >= 0.6 is 0 Å². The van der Waals surface area contributed by atoms with E-state index in [1.54, 1.807) is 0 Å². The van der Waals surface area contributed by atoms with Crippen LogP contribution in [0.2, 0.25) is 0 Å². The Kier molecular flexibility index (Phi) is 6.73. The predicted molar refractivity (Wildman–Crippen MR) is 130 cm³/mol. The van der Waals surface area contributed by atoms with Crippen molar-refractivity contribution in [3.05, 3.63) is 83.6 Å². The Bertz CT molecular complexity index is 911. The monoisotopic (exact) mass is 428 g/mol. The summed E-state index contributed by atoms with van der Waals surface area (Å²) < 4.78 is 0. The van der Waals surface area contributed by atoms with Gasteiger partial charge in [-0.1, -0.05) is 87.1 Å². The second-order valence-corrected chi connectivity index (χ2v) is 9.91. The van der Waals surface area contributed by atoms with E-state index in [-0.39, 0.29) is 5.91 Å². The van der Waals surface area contributed by atoms with Crippen molar-refractivity contribution in [1.82, 2.24) is 10.0 Å². The lowest BCUT2D eigenvalue weighted by molar-refractivity contribution is -0.0105. The first-order valence-electron chi connectivity index (χ1n) is 12.7. The molecule has 0 unspecified atom stereocenters. The van der Waals surface area contributed by atoms with Crippen LogP contribution < -0.4 is 0 Å². The van der Waals surface area contributed by atoms with Gasteiger partial charge in [0.2, 0.25) is 0 Å². The van der Waals surface area contributed by atoms with E-state index in [0.29, 0.717) is 17.9 Å². The molecule has 1 amide bonds. The first-order chi connectivity index (χ1) is 15.8. The molecule has 32 heavy (non-hydrogen) atoms. The van der Waals surface area contributed by atoms with Crippen molar-refractivity contribution < 1.29 is 4.79 Å². The topological polar surface area (TPSA) is 23.6 Å². The largest absolute Gasteiger partial charge is 0.272 e. The molecule has 1 aliphatic heterocycles. The Morgan fingerprint density at radius 3 is 2.00 bits per heavy atom. The summed E-state index contributed by atoms with van der Waals surface area (Å²) in [4.78, 5) is 13.7. The van der Waals surface area contributed by atoms with Gasteiger partial charge in [0.1, 0.15) is 0 Å². The molecule has 1 atom stereocenters. The molecule has 0 N–H and O–H groups in total. The maximum atomic E-state index is 13.7. The smallest absolute Gasteiger partial charge is 0.267 e. The van der Waals surface area contributed by atoms with Crippen molar-refractivity contribution in [2.45, 2.75) is 76.8 Å². The van der Waals surface area contributed by atoms with E-state index in [2.05, 4.69) is 41.5 Å². The molecule has 0 aromatic heterocycles. The highest BCUT2D eigenvalue weighted by molar-refractivity contribution is 5.94. The number of nitrogens with zero attached hydrogens (tertiary/aromatic N) is 2. The van der Waals surface area contributed by atoms with Crippen LogP contribution in [0.4, 0.5) is 0 Å². The number of rotatable bonds is 5. The molecule has 168 valence electrons. The fourth-order valence-electron chi connectivity index (χ4n) is 6.18. The van der Waals surface area contributed by atoms with E-state index in [4.69, 9.17) is 0 Å². The standard InChI is InChI=1S/C29H36N2O/c32-29(26-19-11-4-12-20-26)31-22-27(24-15-7-2-8-16-24)28(25-17-9-3-10-18-25)30(31)21-23-13-5-1-6-14-23/h1,4-6,11-14,19-20,22,24-25,28H,2-3,7-10,15-18,21H2/t28-/m1/s1. The summed E-state index contributed by atoms with van der Waals surface area (Å²) in [7, 11) is 0. The van der Waals surface area contributed by atoms with Crippen molar-refractivity contribution in [2.75, 3.05) is 0 Å². The summed E-state index contributed by atoms with van der Waals surface area (Å²) in [6.07, 6.45) is 15.4. The molecular formula is C29H36N2O. The summed E-state index contributed by atoms with van der Waals surface area (Å²) in [5.74, 6) is 1.38. The zero-order valence-electron chi connectivity index (χ0n) is 19.2. The Hall–Kier alpha value is -2.39. The number of amides is 1. The lowest BCUT2D eigenvalue weighted by Crippen LogP contribution is -2.48. The minimum atomic E-state index is 0.105. The Morgan fingerprint density at radius 2 is 1.34 bits per heavy atom. The van der Waals surface area contributed by atoms with Crippen LogP contribution in [0.3, 0.4) is 0 Å². The van der Waals surface area contributed by atoms with E-state index in [9.17, 15) is 4.79 Å². The molecule has 5 rings (SSSR count). The number of hydrogen-bond acceptors (Lipinski definition) is 2. The molecule has 0 saturated heterocycles.